The predicted octanol–water partition coefficient (Wildman–Crippen LogP) is 4.62. The zero-order valence-corrected chi connectivity index (χ0v) is 19.7. The Bertz CT molecular complexity index is 851. The summed E-state index contributed by atoms with van der Waals surface area (Å²) in [6.45, 7) is 14.1. The molecule has 0 aromatic heterocycles. The van der Waals surface area contributed by atoms with E-state index in [-0.39, 0.29) is 17.9 Å². The van der Waals surface area contributed by atoms with Gasteiger partial charge in [0.15, 0.2) is 0 Å². The van der Waals surface area contributed by atoms with E-state index in [1.54, 1.807) is 24.0 Å². The number of allylic oxidation sites excluding steroid dienone is 1. The molecule has 2 rings (SSSR count). The number of nitrogens with zero attached hydrogens (tertiary/aromatic N) is 1. The van der Waals surface area contributed by atoms with Crippen LogP contribution in [-0.2, 0) is 14.3 Å². The van der Waals surface area contributed by atoms with Crippen LogP contribution in [0, 0.1) is 11.3 Å². The van der Waals surface area contributed by atoms with Crippen molar-refractivity contribution in [1.29, 1.82) is 0 Å². The van der Waals surface area contributed by atoms with Crippen molar-refractivity contribution in [3.8, 4) is 0 Å². The number of anilines is 1. The summed E-state index contributed by atoms with van der Waals surface area (Å²) in [5.74, 6) is -0.309. The highest BCUT2D eigenvalue weighted by molar-refractivity contribution is 5.96. The quantitative estimate of drug-likeness (QED) is 0.619. The summed E-state index contributed by atoms with van der Waals surface area (Å²) in [5, 5.41) is 5.82. The number of esters is 1. The third-order valence-electron chi connectivity index (χ3n) is 4.99. The highest BCUT2D eigenvalue weighted by Crippen LogP contribution is 2.32. The molecule has 7 heteroatoms. The first-order chi connectivity index (χ1) is 14.5. The minimum absolute atomic E-state index is 0.0879. The molecule has 7 nitrogen and oxygen atoms in total. The lowest BCUT2D eigenvalue weighted by Gasteiger charge is -2.35. The third-order valence-corrected chi connectivity index (χ3v) is 4.99. The highest BCUT2D eigenvalue weighted by atomic mass is 16.5. The second kappa shape index (κ2) is 9.98. The van der Waals surface area contributed by atoms with E-state index < -0.39 is 17.4 Å². The lowest BCUT2D eigenvalue weighted by Crippen LogP contribution is -2.48. The predicted molar refractivity (Wildman–Crippen MR) is 121 cm³/mol. The molecule has 0 aliphatic carbocycles. The SMILES string of the molecule is CCCN1C(=O)N[C@@H](c2ccc(NC(=O)C(C)(C)C)cc2)C(C(=O)OCC(C)C)=C1C. The van der Waals surface area contributed by atoms with Gasteiger partial charge >= 0.3 is 12.0 Å². The first-order valence-corrected chi connectivity index (χ1v) is 10.8. The Morgan fingerprint density at radius 1 is 1.19 bits per heavy atom. The van der Waals surface area contributed by atoms with Crippen LogP contribution in [-0.4, -0.2) is 36.0 Å². The van der Waals surface area contributed by atoms with Gasteiger partial charge in [-0.3, -0.25) is 9.69 Å². The highest BCUT2D eigenvalue weighted by Gasteiger charge is 2.36. The fourth-order valence-electron chi connectivity index (χ4n) is 3.19. The smallest absolute Gasteiger partial charge is 0.338 e. The van der Waals surface area contributed by atoms with Gasteiger partial charge < -0.3 is 15.4 Å². The molecular formula is C24H35N3O4. The van der Waals surface area contributed by atoms with Gasteiger partial charge in [0, 0.05) is 23.3 Å². The maximum absolute atomic E-state index is 13.0. The molecule has 0 radical (unpaired) electrons. The number of carbonyl (C=O) groups is 3. The van der Waals surface area contributed by atoms with Crippen molar-refractivity contribution in [2.45, 2.75) is 60.9 Å². The van der Waals surface area contributed by atoms with E-state index in [9.17, 15) is 14.4 Å². The van der Waals surface area contributed by atoms with E-state index in [2.05, 4.69) is 10.6 Å². The van der Waals surface area contributed by atoms with Crippen molar-refractivity contribution in [1.82, 2.24) is 10.2 Å². The minimum Gasteiger partial charge on any atom is -0.462 e. The molecule has 0 fully saturated rings. The fraction of sp³-hybridized carbons (Fsp3) is 0.542. The van der Waals surface area contributed by atoms with Crippen molar-refractivity contribution in [3.63, 3.8) is 0 Å². The van der Waals surface area contributed by atoms with E-state index in [0.29, 0.717) is 30.1 Å². The molecule has 0 saturated carbocycles. The van der Waals surface area contributed by atoms with Crippen LogP contribution in [0.1, 0.15) is 66.5 Å². The average molecular weight is 430 g/mol. The molecule has 1 heterocycles. The van der Waals surface area contributed by atoms with Gasteiger partial charge in [-0.1, -0.05) is 53.7 Å². The summed E-state index contributed by atoms with van der Waals surface area (Å²) in [6.07, 6.45) is 0.770. The largest absolute Gasteiger partial charge is 0.462 e. The Balaban J connectivity index is 2.36. The number of ether oxygens (including phenoxy) is 1. The maximum atomic E-state index is 13.0. The van der Waals surface area contributed by atoms with Gasteiger partial charge in [-0.05, 0) is 37.0 Å². The second-order valence-corrected chi connectivity index (χ2v) is 9.35. The number of nitrogens with one attached hydrogen (secondary N) is 2. The van der Waals surface area contributed by atoms with Crippen molar-refractivity contribution in [2.24, 2.45) is 11.3 Å². The number of hydrogen-bond acceptors (Lipinski definition) is 4. The summed E-state index contributed by atoms with van der Waals surface area (Å²) >= 11 is 0. The summed E-state index contributed by atoms with van der Waals surface area (Å²) in [4.78, 5) is 39.5. The van der Waals surface area contributed by atoms with Crippen LogP contribution in [0.3, 0.4) is 0 Å². The minimum atomic E-state index is -0.618. The number of benzene rings is 1. The molecule has 1 aliphatic rings. The molecule has 31 heavy (non-hydrogen) atoms. The van der Waals surface area contributed by atoms with Crippen molar-refractivity contribution in [3.05, 3.63) is 41.1 Å². The molecular weight excluding hydrogens is 394 g/mol. The van der Waals surface area contributed by atoms with E-state index in [0.717, 1.165) is 12.0 Å². The summed E-state index contributed by atoms with van der Waals surface area (Å²) in [7, 11) is 0. The van der Waals surface area contributed by atoms with Crippen LogP contribution in [0.2, 0.25) is 0 Å². The van der Waals surface area contributed by atoms with Gasteiger partial charge in [0.25, 0.3) is 0 Å². The van der Waals surface area contributed by atoms with Crippen molar-refractivity contribution in [2.75, 3.05) is 18.5 Å². The maximum Gasteiger partial charge on any atom is 0.338 e. The van der Waals surface area contributed by atoms with E-state index in [1.165, 1.54) is 0 Å². The monoisotopic (exact) mass is 429 g/mol. The van der Waals surface area contributed by atoms with Crippen LogP contribution >= 0.6 is 0 Å². The molecule has 3 amide bonds. The van der Waals surface area contributed by atoms with Gasteiger partial charge in [0.05, 0.1) is 18.2 Å². The number of hydrogen-bond donors (Lipinski definition) is 2. The molecule has 1 aromatic carbocycles. The molecule has 0 bridgehead atoms. The average Bonchev–Trinajstić information content (AvgIpc) is 2.68. The number of urea groups is 1. The molecule has 0 spiro atoms. The van der Waals surface area contributed by atoms with Crippen LogP contribution in [0.25, 0.3) is 0 Å². The summed E-state index contributed by atoms with van der Waals surface area (Å²) < 4.78 is 5.51. The Hall–Kier alpha value is -2.83. The zero-order chi connectivity index (χ0) is 23.3. The van der Waals surface area contributed by atoms with Crippen LogP contribution in [0.4, 0.5) is 10.5 Å². The molecule has 0 unspecified atom stereocenters. The van der Waals surface area contributed by atoms with Crippen LogP contribution < -0.4 is 10.6 Å². The Morgan fingerprint density at radius 3 is 2.32 bits per heavy atom. The van der Waals surface area contributed by atoms with Gasteiger partial charge in [0.2, 0.25) is 5.91 Å². The van der Waals surface area contributed by atoms with Crippen LogP contribution in [0.5, 0.6) is 0 Å². The third kappa shape index (κ3) is 6.09. The Morgan fingerprint density at radius 2 is 1.81 bits per heavy atom. The van der Waals surface area contributed by atoms with Gasteiger partial charge in [-0.15, -0.1) is 0 Å². The van der Waals surface area contributed by atoms with E-state index in [1.807, 2.05) is 53.7 Å². The number of amides is 3. The Labute approximate surface area is 185 Å². The molecule has 2 N–H and O–H groups in total. The van der Waals surface area contributed by atoms with Crippen molar-refractivity contribution < 1.29 is 19.1 Å². The normalized spacial score (nSPS) is 17.0. The second-order valence-electron chi connectivity index (χ2n) is 9.35. The Kier molecular flexibility index (Phi) is 7.87. The van der Waals surface area contributed by atoms with Gasteiger partial charge in [0.1, 0.15) is 0 Å². The van der Waals surface area contributed by atoms with E-state index in [4.69, 9.17) is 4.74 Å². The number of rotatable bonds is 7. The lowest BCUT2D eigenvalue weighted by atomic mass is 9.94. The molecule has 1 aromatic rings. The zero-order valence-electron chi connectivity index (χ0n) is 19.7. The summed E-state index contributed by atoms with van der Waals surface area (Å²) in [6, 6.07) is 6.30. The lowest BCUT2D eigenvalue weighted by molar-refractivity contribution is -0.140. The topological polar surface area (TPSA) is 87.7 Å². The molecule has 170 valence electrons. The standard InChI is InChI=1S/C24H35N3O4/c1-8-13-27-16(4)19(21(28)31-14-15(2)3)20(26-23(27)30)17-9-11-18(12-10-17)25-22(29)24(5,6)7/h9-12,15,20H,8,13-14H2,1-7H3,(H,25,29)(H,26,30)/t20-/m0/s1. The molecule has 0 saturated heterocycles. The first-order valence-electron chi connectivity index (χ1n) is 10.8. The number of carbonyl (C=O) groups excluding carboxylic acids is 3. The summed E-state index contributed by atoms with van der Waals surface area (Å²) in [5.41, 5.74) is 1.93. The van der Waals surface area contributed by atoms with Gasteiger partial charge in [-0.2, -0.15) is 0 Å². The first kappa shape index (κ1) is 24.4. The van der Waals surface area contributed by atoms with Crippen LogP contribution in [0.15, 0.2) is 35.5 Å². The van der Waals surface area contributed by atoms with Gasteiger partial charge in [-0.25, -0.2) is 9.59 Å². The molecule has 1 aliphatic heterocycles. The fourth-order valence-corrected chi connectivity index (χ4v) is 3.19. The van der Waals surface area contributed by atoms with Crippen molar-refractivity contribution >= 4 is 23.6 Å². The van der Waals surface area contributed by atoms with E-state index >= 15 is 0 Å². The molecule has 1 atom stereocenters.